The van der Waals surface area contributed by atoms with E-state index in [2.05, 4.69) is 16.8 Å². The summed E-state index contributed by atoms with van der Waals surface area (Å²) in [6.07, 6.45) is 1.41. The summed E-state index contributed by atoms with van der Waals surface area (Å²) >= 11 is 0. The summed E-state index contributed by atoms with van der Waals surface area (Å²) in [6.45, 7) is 0. The lowest BCUT2D eigenvalue weighted by Crippen LogP contribution is -2.06. The second kappa shape index (κ2) is 3.89. The monoisotopic (exact) mass is 171 g/mol. The van der Waals surface area contributed by atoms with Crippen LogP contribution in [0.1, 0.15) is 11.3 Å². The number of hydrogen-bond donors (Lipinski definition) is 1. The first kappa shape index (κ1) is 8.76. The Kier molecular flexibility index (Phi) is 2.62. The summed E-state index contributed by atoms with van der Waals surface area (Å²) in [5.41, 5.74) is 5.67. The number of amides is 1. The summed E-state index contributed by atoms with van der Waals surface area (Å²) in [5, 5.41) is 8.42. The van der Waals surface area contributed by atoms with Crippen molar-refractivity contribution >= 4 is 5.91 Å². The molecule has 0 fully saturated rings. The molecule has 1 rings (SSSR count). The van der Waals surface area contributed by atoms with Crippen LogP contribution in [0.3, 0.4) is 0 Å². The maximum absolute atomic E-state index is 10.3. The second-order valence-corrected chi connectivity index (χ2v) is 2.16. The van der Waals surface area contributed by atoms with Crippen molar-refractivity contribution in [3.8, 4) is 17.9 Å². The molecule has 0 saturated carbocycles. The van der Waals surface area contributed by atoms with E-state index >= 15 is 0 Å². The molecule has 4 nitrogen and oxygen atoms in total. The Hall–Kier alpha value is -2.33. The number of primary amides is 1. The summed E-state index contributed by atoms with van der Waals surface area (Å²) < 4.78 is 0. The van der Waals surface area contributed by atoms with Crippen LogP contribution in [0.25, 0.3) is 0 Å². The van der Waals surface area contributed by atoms with Gasteiger partial charge in [-0.3, -0.25) is 4.79 Å². The standard InChI is InChI=1S/C9H5N3O/c10-5-8-3-1-7(6-12-8)2-4-9(11)13/h1,3,6H,(H2,11,13). The number of rotatable bonds is 0. The van der Waals surface area contributed by atoms with Gasteiger partial charge in [-0.2, -0.15) is 5.26 Å². The summed E-state index contributed by atoms with van der Waals surface area (Å²) in [5.74, 6) is 3.97. The topological polar surface area (TPSA) is 79.8 Å². The Labute approximate surface area is 75.0 Å². The van der Waals surface area contributed by atoms with E-state index in [0.29, 0.717) is 11.3 Å². The maximum Gasteiger partial charge on any atom is 0.293 e. The molecular weight excluding hydrogens is 166 g/mol. The van der Waals surface area contributed by atoms with E-state index in [1.807, 2.05) is 6.07 Å². The molecule has 2 N–H and O–H groups in total. The fourth-order valence-electron chi connectivity index (χ4n) is 0.668. The average molecular weight is 171 g/mol. The smallest absolute Gasteiger partial charge is 0.293 e. The van der Waals surface area contributed by atoms with Crippen LogP contribution in [-0.2, 0) is 4.79 Å². The van der Waals surface area contributed by atoms with Crippen LogP contribution in [0.15, 0.2) is 18.3 Å². The van der Waals surface area contributed by atoms with E-state index in [1.54, 1.807) is 6.07 Å². The molecule has 1 heterocycles. The van der Waals surface area contributed by atoms with Crippen molar-refractivity contribution in [3.63, 3.8) is 0 Å². The number of nitriles is 1. The molecule has 13 heavy (non-hydrogen) atoms. The number of aromatic nitrogens is 1. The van der Waals surface area contributed by atoms with Crippen molar-refractivity contribution in [2.75, 3.05) is 0 Å². The molecule has 1 aromatic heterocycles. The molecule has 0 atom stereocenters. The zero-order valence-corrected chi connectivity index (χ0v) is 6.61. The first-order valence-electron chi connectivity index (χ1n) is 3.40. The zero-order valence-electron chi connectivity index (χ0n) is 6.61. The molecular formula is C9H5N3O. The molecule has 0 unspecified atom stereocenters. The predicted octanol–water partition coefficient (Wildman–Crippen LogP) is -0.210. The minimum absolute atomic E-state index is 0.310. The van der Waals surface area contributed by atoms with E-state index in [0.717, 1.165) is 0 Å². The first-order valence-corrected chi connectivity index (χ1v) is 3.40. The SMILES string of the molecule is N#Cc1ccc(C#CC(N)=O)cn1. The normalized spacial score (nSPS) is 7.92. The molecule has 0 radical (unpaired) electrons. The molecule has 0 aliphatic heterocycles. The van der Waals surface area contributed by atoms with Crippen LogP contribution in [-0.4, -0.2) is 10.9 Å². The van der Waals surface area contributed by atoms with E-state index in [-0.39, 0.29) is 0 Å². The van der Waals surface area contributed by atoms with Crippen molar-refractivity contribution < 1.29 is 4.79 Å². The molecule has 0 aliphatic carbocycles. The van der Waals surface area contributed by atoms with E-state index in [4.69, 9.17) is 11.0 Å². The lowest BCUT2D eigenvalue weighted by atomic mass is 10.2. The highest BCUT2D eigenvalue weighted by molar-refractivity contribution is 5.92. The van der Waals surface area contributed by atoms with Gasteiger partial charge in [0, 0.05) is 17.7 Å². The molecule has 0 spiro atoms. The van der Waals surface area contributed by atoms with Crippen LogP contribution in [0.2, 0.25) is 0 Å². The van der Waals surface area contributed by atoms with Crippen molar-refractivity contribution in [2.45, 2.75) is 0 Å². The summed E-state index contributed by atoms with van der Waals surface area (Å²) in [7, 11) is 0. The average Bonchev–Trinajstić information content (AvgIpc) is 2.15. The van der Waals surface area contributed by atoms with Crippen molar-refractivity contribution in [2.24, 2.45) is 5.73 Å². The first-order chi connectivity index (χ1) is 6.22. The Morgan fingerprint density at radius 3 is 2.77 bits per heavy atom. The summed E-state index contributed by atoms with van der Waals surface area (Å²) in [4.78, 5) is 14.0. The van der Waals surface area contributed by atoms with Crippen LogP contribution in [0.4, 0.5) is 0 Å². The van der Waals surface area contributed by atoms with Gasteiger partial charge in [-0.05, 0) is 12.1 Å². The highest BCUT2D eigenvalue weighted by atomic mass is 16.1. The molecule has 62 valence electrons. The lowest BCUT2D eigenvalue weighted by Gasteiger charge is -1.87. The predicted molar refractivity (Wildman–Crippen MR) is 45.0 cm³/mol. The van der Waals surface area contributed by atoms with Gasteiger partial charge in [0.05, 0.1) is 0 Å². The molecule has 0 saturated heterocycles. The molecule has 0 bridgehead atoms. The fourth-order valence-corrected chi connectivity index (χ4v) is 0.668. The van der Waals surface area contributed by atoms with Crippen molar-refractivity contribution in [3.05, 3.63) is 29.6 Å². The molecule has 0 aromatic carbocycles. The van der Waals surface area contributed by atoms with Crippen molar-refractivity contribution in [1.82, 2.24) is 4.98 Å². The van der Waals surface area contributed by atoms with Gasteiger partial charge in [0.25, 0.3) is 5.91 Å². The van der Waals surface area contributed by atoms with Gasteiger partial charge < -0.3 is 5.73 Å². The summed E-state index contributed by atoms with van der Waals surface area (Å²) in [6, 6.07) is 4.99. The highest BCUT2D eigenvalue weighted by Gasteiger charge is 1.90. The number of pyridine rings is 1. The largest absolute Gasteiger partial charge is 0.359 e. The number of nitrogens with two attached hydrogens (primary N) is 1. The molecule has 0 aliphatic rings. The van der Waals surface area contributed by atoms with E-state index in [1.165, 1.54) is 12.3 Å². The minimum atomic E-state index is -0.690. The number of carbonyl (C=O) groups excluding carboxylic acids is 1. The third-order valence-corrected chi connectivity index (χ3v) is 1.21. The Balaban J connectivity index is 2.90. The van der Waals surface area contributed by atoms with Gasteiger partial charge in [-0.15, -0.1) is 0 Å². The van der Waals surface area contributed by atoms with Gasteiger partial charge in [-0.1, -0.05) is 5.92 Å². The van der Waals surface area contributed by atoms with Crippen LogP contribution >= 0.6 is 0 Å². The number of nitrogens with zero attached hydrogens (tertiary/aromatic N) is 2. The van der Waals surface area contributed by atoms with Gasteiger partial charge in [0.1, 0.15) is 11.8 Å². The van der Waals surface area contributed by atoms with Gasteiger partial charge in [0.2, 0.25) is 0 Å². The fraction of sp³-hybridized carbons (Fsp3) is 0. The van der Waals surface area contributed by atoms with Gasteiger partial charge in [0.15, 0.2) is 0 Å². The van der Waals surface area contributed by atoms with Crippen LogP contribution < -0.4 is 5.73 Å². The Morgan fingerprint density at radius 2 is 2.31 bits per heavy atom. The molecule has 1 amide bonds. The zero-order chi connectivity index (χ0) is 9.68. The number of carbonyl (C=O) groups is 1. The lowest BCUT2D eigenvalue weighted by molar-refractivity contribution is -0.112. The quantitative estimate of drug-likeness (QED) is 0.548. The maximum atomic E-state index is 10.3. The van der Waals surface area contributed by atoms with Crippen LogP contribution in [0.5, 0.6) is 0 Å². The second-order valence-electron chi connectivity index (χ2n) is 2.16. The number of hydrogen-bond acceptors (Lipinski definition) is 3. The highest BCUT2D eigenvalue weighted by Crippen LogP contribution is 1.96. The Morgan fingerprint density at radius 1 is 1.54 bits per heavy atom. The molecule has 4 heteroatoms. The van der Waals surface area contributed by atoms with Gasteiger partial charge >= 0.3 is 0 Å². The third-order valence-electron chi connectivity index (χ3n) is 1.21. The van der Waals surface area contributed by atoms with Crippen LogP contribution in [0, 0.1) is 23.2 Å². The molecule has 1 aromatic rings. The van der Waals surface area contributed by atoms with E-state index < -0.39 is 5.91 Å². The Bertz CT molecular complexity index is 417. The minimum Gasteiger partial charge on any atom is -0.359 e. The van der Waals surface area contributed by atoms with E-state index in [9.17, 15) is 4.79 Å². The van der Waals surface area contributed by atoms with Crippen molar-refractivity contribution in [1.29, 1.82) is 5.26 Å². The van der Waals surface area contributed by atoms with Gasteiger partial charge in [-0.25, -0.2) is 4.98 Å². The third kappa shape index (κ3) is 2.64.